The van der Waals surface area contributed by atoms with Gasteiger partial charge in [-0.15, -0.1) is 0 Å². The predicted molar refractivity (Wildman–Crippen MR) is 81.7 cm³/mol. The molecule has 6 nitrogen and oxygen atoms in total. The van der Waals surface area contributed by atoms with E-state index in [4.69, 9.17) is 0 Å². The van der Waals surface area contributed by atoms with Crippen LogP contribution in [0.4, 0.5) is 5.69 Å². The van der Waals surface area contributed by atoms with Crippen LogP contribution in [0.1, 0.15) is 0 Å². The van der Waals surface area contributed by atoms with Crippen molar-refractivity contribution >= 4 is 32.4 Å². The molecule has 0 aliphatic rings. The number of hydrogen-bond acceptors (Lipinski definition) is 4. The second kappa shape index (κ2) is 5.10. The van der Waals surface area contributed by atoms with Gasteiger partial charge in [-0.3, -0.25) is 14.9 Å². The molecule has 2 aromatic carbocycles. The summed E-state index contributed by atoms with van der Waals surface area (Å²) in [5.74, 6) is 0. The molecule has 0 N–H and O–H groups in total. The number of fused-ring (bicyclic) bond motifs is 1. The first kappa shape index (κ1) is 13.4. The molecule has 0 saturated heterocycles. The topological polar surface area (TPSA) is 78.0 Å². The Balaban J connectivity index is 2.26. The number of aromatic nitrogens is 2. The van der Waals surface area contributed by atoms with Crippen molar-refractivity contribution in [1.29, 1.82) is 0 Å². The van der Waals surface area contributed by atoms with E-state index in [0.29, 0.717) is 11.1 Å². The highest BCUT2D eigenvalue weighted by Gasteiger charge is 2.11. The number of rotatable bonds is 2. The first-order chi connectivity index (χ1) is 10.1. The van der Waals surface area contributed by atoms with E-state index in [2.05, 4.69) is 21.0 Å². The van der Waals surface area contributed by atoms with E-state index in [-0.39, 0.29) is 11.1 Å². The van der Waals surface area contributed by atoms with Crippen LogP contribution in [-0.4, -0.2) is 14.7 Å². The smallest absolute Gasteiger partial charge is 0.267 e. The molecule has 1 heterocycles. The lowest BCUT2D eigenvalue weighted by Crippen LogP contribution is -2.20. The molecule has 3 aromatic rings. The zero-order valence-electron chi connectivity index (χ0n) is 10.6. The quantitative estimate of drug-likeness (QED) is 0.528. The molecule has 0 spiro atoms. The van der Waals surface area contributed by atoms with Gasteiger partial charge in [-0.05, 0) is 30.3 Å². The second-order valence-corrected chi connectivity index (χ2v) is 5.28. The standard InChI is InChI=1S/C14H8BrN3O3/c15-10-2-5-11(6-3-10)17-14(19)13-7-12(18(20)21)4-1-9(13)8-16-17/h1-8H. The van der Waals surface area contributed by atoms with Crippen LogP contribution in [0.2, 0.25) is 0 Å². The summed E-state index contributed by atoms with van der Waals surface area (Å²) < 4.78 is 2.11. The maximum absolute atomic E-state index is 12.5. The van der Waals surface area contributed by atoms with Crippen LogP contribution >= 0.6 is 15.9 Å². The Bertz CT molecular complexity index is 903. The largest absolute Gasteiger partial charge is 0.279 e. The lowest BCUT2D eigenvalue weighted by atomic mass is 10.2. The van der Waals surface area contributed by atoms with Crippen molar-refractivity contribution in [3.8, 4) is 5.69 Å². The van der Waals surface area contributed by atoms with Crippen molar-refractivity contribution in [3.63, 3.8) is 0 Å². The zero-order valence-corrected chi connectivity index (χ0v) is 12.1. The average Bonchev–Trinajstić information content (AvgIpc) is 2.48. The van der Waals surface area contributed by atoms with Crippen LogP contribution < -0.4 is 5.56 Å². The summed E-state index contributed by atoms with van der Waals surface area (Å²) in [5, 5.41) is 15.8. The molecule has 0 radical (unpaired) electrons. The van der Waals surface area contributed by atoms with Crippen LogP contribution in [0.15, 0.2) is 57.9 Å². The molecule has 0 bridgehead atoms. The Morgan fingerprint density at radius 3 is 2.52 bits per heavy atom. The van der Waals surface area contributed by atoms with Gasteiger partial charge in [-0.1, -0.05) is 15.9 Å². The van der Waals surface area contributed by atoms with E-state index in [9.17, 15) is 14.9 Å². The molecule has 0 amide bonds. The minimum atomic E-state index is -0.525. The summed E-state index contributed by atoms with van der Waals surface area (Å²) in [5.41, 5.74) is 0.0864. The average molecular weight is 346 g/mol. The minimum Gasteiger partial charge on any atom is -0.267 e. The van der Waals surface area contributed by atoms with Gasteiger partial charge in [0.05, 0.1) is 22.2 Å². The number of benzene rings is 2. The first-order valence-electron chi connectivity index (χ1n) is 5.99. The third-order valence-electron chi connectivity index (χ3n) is 3.05. The molecule has 0 aliphatic heterocycles. The second-order valence-electron chi connectivity index (χ2n) is 4.37. The lowest BCUT2D eigenvalue weighted by molar-refractivity contribution is -0.384. The molecule has 3 rings (SSSR count). The number of non-ortho nitro benzene ring substituents is 1. The van der Waals surface area contributed by atoms with E-state index in [1.165, 1.54) is 29.1 Å². The summed E-state index contributed by atoms with van der Waals surface area (Å²) in [6.07, 6.45) is 1.52. The highest BCUT2D eigenvalue weighted by Crippen LogP contribution is 2.18. The van der Waals surface area contributed by atoms with Crippen molar-refractivity contribution in [2.75, 3.05) is 0 Å². The summed E-state index contributed by atoms with van der Waals surface area (Å²) in [4.78, 5) is 22.8. The van der Waals surface area contributed by atoms with E-state index >= 15 is 0 Å². The van der Waals surface area contributed by atoms with Gasteiger partial charge in [-0.2, -0.15) is 9.78 Å². The Kier molecular flexibility index (Phi) is 3.26. The fourth-order valence-corrected chi connectivity index (χ4v) is 2.27. The van der Waals surface area contributed by atoms with Crippen LogP contribution in [0.3, 0.4) is 0 Å². The third-order valence-corrected chi connectivity index (χ3v) is 3.58. The first-order valence-corrected chi connectivity index (χ1v) is 6.78. The maximum Gasteiger partial charge on any atom is 0.279 e. The maximum atomic E-state index is 12.5. The SMILES string of the molecule is O=c1c2cc([N+](=O)[O-])ccc2cnn1-c1ccc(Br)cc1. The third kappa shape index (κ3) is 2.43. The van der Waals surface area contributed by atoms with Gasteiger partial charge in [0.25, 0.3) is 11.2 Å². The van der Waals surface area contributed by atoms with E-state index in [1.54, 1.807) is 24.3 Å². The van der Waals surface area contributed by atoms with Crippen LogP contribution in [-0.2, 0) is 0 Å². The van der Waals surface area contributed by atoms with Gasteiger partial charge in [0, 0.05) is 22.0 Å². The Hall–Kier alpha value is -2.54. The predicted octanol–water partition coefficient (Wildman–Crippen LogP) is 3.06. The molecule has 0 unspecified atom stereocenters. The normalized spacial score (nSPS) is 10.7. The molecule has 0 saturated carbocycles. The highest BCUT2D eigenvalue weighted by atomic mass is 79.9. The van der Waals surface area contributed by atoms with E-state index < -0.39 is 10.5 Å². The molecule has 21 heavy (non-hydrogen) atoms. The minimum absolute atomic E-state index is 0.117. The van der Waals surface area contributed by atoms with Gasteiger partial charge < -0.3 is 0 Å². The fourth-order valence-electron chi connectivity index (χ4n) is 2.01. The van der Waals surface area contributed by atoms with Crippen LogP contribution in [0.5, 0.6) is 0 Å². The number of nitrogens with zero attached hydrogens (tertiary/aromatic N) is 3. The molecule has 0 atom stereocenters. The summed E-state index contributed by atoms with van der Waals surface area (Å²) in [6, 6.07) is 11.2. The number of halogens is 1. The number of nitro groups is 1. The molecule has 0 fully saturated rings. The fraction of sp³-hybridized carbons (Fsp3) is 0. The number of hydrogen-bond donors (Lipinski definition) is 0. The number of nitro benzene ring substituents is 1. The Morgan fingerprint density at radius 2 is 1.86 bits per heavy atom. The van der Waals surface area contributed by atoms with Gasteiger partial charge in [-0.25, -0.2) is 0 Å². The molecular formula is C14H8BrN3O3. The lowest BCUT2D eigenvalue weighted by Gasteiger charge is -2.05. The Labute approximate surface area is 126 Å². The van der Waals surface area contributed by atoms with Crippen molar-refractivity contribution in [3.05, 3.63) is 73.6 Å². The molecule has 104 valence electrons. The van der Waals surface area contributed by atoms with Crippen molar-refractivity contribution < 1.29 is 4.92 Å². The monoisotopic (exact) mass is 345 g/mol. The summed E-state index contributed by atoms with van der Waals surface area (Å²) in [6.45, 7) is 0. The van der Waals surface area contributed by atoms with E-state index in [1.807, 2.05) is 0 Å². The van der Waals surface area contributed by atoms with Crippen LogP contribution in [0, 0.1) is 10.1 Å². The molecule has 0 aliphatic carbocycles. The van der Waals surface area contributed by atoms with Gasteiger partial charge in [0.1, 0.15) is 0 Å². The van der Waals surface area contributed by atoms with E-state index in [0.717, 1.165) is 4.47 Å². The highest BCUT2D eigenvalue weighted by molar-refractivity contribution is 9.10. The zero-order chi connectivity index (χ0) is 15.0. The molecule has 7 heteroatoms. The van der Waals surface area contributed by atoms with Crippen molar-refractivity contribution in [2.24, 2.45) is 0 Å². The van der Waals surface area contributed by atoms with Gasteiger partial charge >= 0.3 is 0 Å². The molecule has 1 aromatic heterocycles. The van der Waals surface area contributed by atoms with Gasteiger partial charge in [0.15, 0.2) is 0 Å². The van der Waals surface area contributed by atoms with Crippen LogP contribution in [0.25, 0.3) is 16.5 Å². The van der Waals surface area contributed by atoms with Crippen molar-refractivity contribution in [1.82, 2.24) is 9.78 Å². The van der Waals surface area contributed by atoms with Crippen molar-refractivity contribution in [2.45, 2.75) is 0 Å². The Morgan fingerprint density at radius 1 is 1.14 bits per heavy atom. The summed E-state index contributed by atoms with van der Waals surface area (Å²) >= 11 is 3.32. The van der Waals surface area contributed by atoms with Gasteiger partial charge in [0.2, 0.25) is 0 Å². The summed E-state index contributed by atoms with van der Waals surface area (Å²) in [7, 11) is 0. The molecular weight excluding hydrogens is 338 g/mol.